The molecule has 0 saturated carbocycles. The number of hydrogen-bond acceptors (Lipinski definition) is 2. The van der Waals surface area contributed by atoms with Crippen LogP contribution in [0.3, 0.4) is 0 Å². The summed E-state index contributed by atoms with van der Waals surface area (Å²) < 4.78 is 5.24. The molecule has 0 aliphatic rings. The van der Waals surface area contributed by atoms with E-state index in [1.54, 1.807) is 0 Å². The summed E-state index contributed by atoms with van der Waals surface area (Å²) in [7, 11) is 0. The van der Waals surface area contributed by atoms with Crippen molar-refractivity contribution in [1.29, 1.82) is 0 Å². The highest BCUT2D eigenvalue weighted by molar-refractivity contribution is 4.83. The minimum atomic E-state index is 0.0184. The molecule has 2 nitrogen and oxygen atoms in total. The zero-order chi connectivity index (χ0) is 11.4. The van der Waals surface area contributed by atoms with E-state index in [0.29, 0.717) is 5.41 Å². The van der Waals surface area contributed by atoms with Gasteiger partial charge in [0.1, 0.15) is 6.23 Å². The Morgan fingerprint density at radius 1 is 1.29 bits per heavy atom. The van der Waals surface area contributed by atoms with Crippen LogP contribution in [0.4, 0.5) is 0 Å². The Labute approximate surface area is 88.7 Å². The van der Waals surface area contributed by atoms with Crippen LogP contribution in [-0.2, 0) is 4.74 Å². The van der Waals surface area contributed by atoms with Gasteiger partial charge in [0.2, 0.25) is 0 Å². The van der Waals surface area contributed by atoms with Crippen molar-refractivity contribution in [3.05, 3.63) is 12.8 Å². The van der Waals surface area contributed by atoms with E-state index >= 15 is 0 Å². The first-order chi connectivity index (χ1) is 6.16. The van der Waals surface area contributed by atoms with E-state index in [0.717, 1.165) is 6.42 Å². The Morgan fingerprint density at radius 2 is 1.79 bits per heavy atom. The van der Waals surface area contributed by atoms with Crippen LogP contribution >= 0.6 is 0 Å². The summed E-state index contributed by atoms with van der Waals surface area (Å²) in [5.41, 5.74) is 0.408. The van der Waals surface area contributed by atoms with Crippen LogP contribution in [0.5, 0.6) is 0 Å². The van der Waals surface area contributed by atoms with Crippen LogP contribution in [0.2, 0.25) is 0 Å². The Kier molecular flexibility index (Phi) is 4.66. The van der Waals surface area contributed by atoms with E-state index < -0.39 is 0 Å². The van der Waals surface area contributed by atoms with Gasteiger partial charge in [0, 0.05) is 5.54 Å². The van der Waals surface area contributed by atoms with Gasteiger partial charge in [0.15, 0.2) is 0 Å². The summed E-state index contributed by atoms with van der Waals surface area (Å²) >= 11 is 0. The highest BCUT2D eigenvalue weighted by atomic mass is 16.5. The molecular weight excluding hydrogens is 174 g/mol. The van der Waals surface area contributed by atoms with Crippen molar-refractivity contribution >= 4 is 0 Å². The first-order valence-corrected chi connectivity index (χ1v) is 5.20. The maximum absolute atomic E-state index is 5.24. The molecule has 0 heterocycles. The molecule has 0 bridgehead atoms. The Morgan fingerprint density at radius 3 is 2.14 bits per heavy atom. The summed E-state index contributed by atoms with van der Waals surface area (Å²) in [4.78, 5) is 0. The molecule has 0 aliphatic carbocycles. The van der Waals surface area contributed by atoms with Gasteiger partial charge in [-0.25, -0.2) is 0 Å². The normalized spacial score (nSPS) is 15.0. The fourth-order valence-electron chi connectivity index (χ4n) is 2.11. The molecule has 0 aromatic heterocycles. The molecule has 0 aromatic rings. The number of rotatable bonds is 5. The van der Waals surface area contributed by atoms with Crippen molar-refractivity contribution < 1.29 is 4.74 Å². The molecule has 14 heavy (non-hydrogen) atoms. The fourth-order valence-corrected chi connectivity index (χ4v) is 2.11. The van der Waals surface area contributed by atoms with Crippen molar-refractivity contribution in [2.75, 3.05) is 0 Å². The standard InChI is InChI=1S/C12H25NO/c1-8-14-10(2)13-12(6,7)9-11(3,4)5/h8,10,13H,1,9H2,2-7H3. The predicted octanol–water partition coefficient (Wildman–Crippen LogP) is 3.30. The molecule has 0 fully saturated rings. The Hall–Kier alpha value is -0.500. The second-order valence-electron chi connectivity index (χ2n) is 5.71. The molecular formula is C12H25NO. The average molecular weight is 199 g/mol. The van der Waals surface area contributed by atoms with Crippen LogP contribution in [0, 0.1) is 5.41 Å². The SMILES string of the molecule is C=COC(C)NC(C)(C)CC(C)(C)C. The van der Waals surface area contributed by atoms with Crippen molar-refractivity contribution in [2.24, 2.45) is 5.41 Å². The average Bonchev–Trinajstić information content (AvgIpc) is 1.78. The van der Waals surface area contributed by atoms with Crippen molar-refractivity contribution in [1.82, 2.24) is 5.32 Å². The summed E-state index contributed by atoms with van der Waals surface area (Å²) in [5, 5.41) is 3.42. The molecule has 1 N–H and O–H groups in total. The van der Waals surface area contributed by atoms with E-state index in [-0.39, 0.29) is 11.8 Å². The van der Waals surface area contributed by atoms with Gasteiger partial charge in [-0.15, -0.1) is 0 Å². The number of ether oxygens (including phenoxy) is 1. The highest BCUT2D eigenvalue weighted by Gasteiger charge is 2.26. The lowest BCUT2D eigenvalue weighted by molar-refractivity contribution is 0.0823. The van der Waals surface area contributed by atoms with Gasteiger partial charge in [-0.05, 0) is 32.6 Å². The van der Waals surface area contributed by atoms with E-state index in [4.69, 9.17) is 4.74 Å². The second-order valence-corrected chi connectivity index (χ2v) is 5.71. The quantitative estimate of drug-likeness (QED) is 0.542. The van der Waals surface area contributed by atoms with Crippen LogP contribution < -0.4 is 5.32 Å². The number of hydrogen-bond donors (Lipinski definition) is 1. The molecule has 0 saturated heterocycles. The molecule has 1 unspecified atom stereocenters. The molecule has 0 aliphatic heterocycles. The Bertz CT molecular complexity index is 179. The molecule has 0 amide bonds. The lowest BCUT2D eigenvalue weighted by Gasteiger charge is -2.35. The van der Waals surface area contributed by atoms with Gasteiger partial charge >= 0.3 is 0 Å². The molecule has 1 atom stereocenters. The minimum absolute atomic E-state index is 0.0184. The van der Waals surface area contributed by atoms with Gasteiger partial charge in [0.25, 0.3) is 0 Å². The maximum Gasteiger partial charge on any atom is 0.146 e. The summed E-state index contributed by atoms with van der Waals surface area (Å²) in [6, 6.07) is 0. The molecule has 0 rings (SSSR count). The Balaban J connectivity index is 4.12. The largest absolute Gasteiger partial charge is 0.484 e. The topological polar surface area (TPSA) is 21.3 Å². The van der Waals surface area contributed by atoms with Crippen LogP contribution in [0.1, 0.15) is 48.0 Å². The zero-order valence-corrected chi connectivity index (χ0v) is 10.5. The van der Waals surface area contributed by atoms with E-state index in [1.807, 2.05) is 6.92 Å². The smallest absolute Gasteiger partial charge is 0.146 e. The van der Waals surface area contributed by atoms with Gasteiger partial charge < -0.3 is 4.74 Å². The molecule has 0 radical (unpaired) electrons. The molecule has 84 valence electrons. The van der Waals surface area contributed by atoms with Gasteiger partial charge in [-0.2, -0.15) is 0 Å². The minimum Gasteiger partial charge on any atom is -0.484 e. The van der Waals surface area contributed by atoms with Crippen molar-refractivity contribution in [3.63, 3.8) is 0 Å². The fraction of sp³-hybridized carbons (Fsp3) is 0.833. The highest BCUT2D eigenvalue weighted by Crippen LogP contribution is 2.27. The lowest BCUT2D eigenvalue weighted by atomic mass is 9.82. The van der Waals surface area contributed by atoms with Crippen LogP contribution in [-0.4, -0.2) is 11.8 Å². The van der Waals surface area contributed by atoms with Crippen LogP contribution in [0.25, 0.3) is 0 Å². The summed E-state index contributed by atoms with van der Waals surface area (Å²) in [6.45, 7) is 16.7. The van der Waals surface area contributed by atoms with Crippen molar-refractivity contribution in [3.8, 4) is 0 Å². The van der Waals surface area contributed by atoms with Crippen molar-refractivity contribution in [2.45, 2.75) is 59.7 Å². The predicted molar refractivity (Wildman–Crippen MR) is 62.0 cm³/mol. The van der Waals surface area contributed by atoms with Gasteiger partial charge in [-0.3, -0.25) is 5.32 Å². The van der Waals surface area contributed by atoms with E-state index in [2.05, 4.69) is 46.5 Å². The molecule has 2 heteroatoms. The monoisotopic (exact) mass is 199 g/mol. The van der Waals surface area contributed by atoms with Gasteiger partial charge in [0.05, 0.1) is 6.26 Å². The molecule has 0 aromatic carbocycles. The number of nitrogens with one attached hydrogen (secondary N) is 1. The lowest BCUT2D eigenvalue weighted by Crippen LogP contribution is -2.47. The first-order valence-electron chi connectivity index (χ1n) is 5.20. The third-order valence-corrected chi connectivity index (χ3v) is 1.87. The summed E-state index contributed by atoms with van der Waals surface area (Å²) in [6.07, 6.45) is 2.60. The van der Waals surface area contributed by atoms with Crippen LogP contribution in [0.15, 0.2) is 12.8 Å². The summed E-state index contributed by atoms with van der Waals surface area (Å²) in [5.74, 6) is 0. The third-order valence-electron chi connectivity index (χ3n) is 1.87. The van der Waals surface area contributed by atoms with E-state index in [1.165, 1.54) is 6.26 Å². The zero-order valence-electron chi connectivity index (χ0n) is 10.5. The first kappa shape index (κ1) is 13.5. The third kappa shape index (κ3) is 6.96. The molecule has 0 spiro atoms. The second kappa shape index (κ2) is 4.83. The maximum atomic E-state index is 5.24. The van der Waals surface area contributed by atoms with Gasteiger partial charge in [-0.1, -0.05) is 27.4 Å². The van der Waals surface area contributed by atoms with E-state index in [9.17, 15) is 0 Å².